The standard InChI is InChI=1S/C18H21N5O6S/c24-16-11-23(18(25)21-16)10-15-20-17(29-22-15)9-19-30(26,27)14-7-3-6-13(8-14)28-12-4-1-2-5-12/h3,6-8,12,19H,1-2,4-5,9-11H2,(H,21,24,25). The van der Waals surface area contributed by atoms with Gasteiger partial charge < -0.3 is 14.2 Å². The number of urea groups is 1. The maximum absolute atomic E-state index is 12.6. The van der Waals surface area contributed by atoms with E-state index in [1.54, 1.807) is 12.1 Å². The van der Waals surface area contributed by atoms with Crippen molar-refractivity contribution in [2.24, 2.45) is 0 Å². The Morgan fingerprint density at radius 1 is 1.27 bits per heavy atom. The highest BCUT2D eigenvalue weighted by Gasteiger charge is 2.28. The van der Waals surface area contributed by atoms with E-state index < -0.39 is 22.0 Å². The van der Waals surface area contributed by atoms with Crippen LogP contribution in [-0.2, 0) is 27.9 Å². The first-order valence-corrected chi connectivity index (χ1v) is 11.0. The summed E-state index contributed by atoms with van der Waals surface area (Å²) in [4.78, 5) is 28.1. The summed E-state index contributed by atoms with van der Waals surface area (Å²) in [7, 11) is -3.82. The summed E-state index contributed by atoms with van der Waals surface area (Å²) in [6, 6.07) is 5.80. The highest BCUT2D eigenvalue weighted by atomic mass is 32.2. The lowest BCUT2D eigenvalue weighted by Crippen LogP contribution is -2.28. The minimum atomic E-state index is -3.82. The first-order chi connectivity index (χ1) is 14.4. The fourth-order valence-electron chi connectivity index (χ4n) is 3.36. The molecule has 2 fully saturated rings. The first kappa shape index (κ1) is 20.3. The van der Waals surface area contributed by atoms with Gasteiger partial charge in [-0.05, 0) is 37.8 Å². The number of aromatic nitrogens is 2. The van der Waals surface area contributed by atoms with Crippen molar-refractivity contribution in [1.82, 2.24) is 25.1 Å². The van der Waals surface area contributed by atoms with Crippen LogP contribution >= 0.6 is 0 Å². The molecule has 1 aliphatic heterocycles. The van der Waals surface area contributed by atoms with Crippen LogP contribution in [0.15, 0.2) is 33.7 Å². The Morgan fingerprint density at radius 2 is 2.07 bits per heavy atom. The average molecular weight is 435 g/mol. The molecule has 2 heterocycles. The number of hydrogen-bond donors (Lipinski definition) is 2. The topological polar surface area (TPSA) is 144 Å². The van der Waals surface area contributed by atoms with Crippen LogP contribution in [0.4, 0.5) is 4.79 Å². The molecular formula is C18H21N5O6S. The monoisotopic (exact) mass is 435 g/mol. The summed E-state index contributed by atoms with van der Waals surface area (Å²) in [6.07, 6.45) is 4.31. The van der Waals surface area contributed by atoms with E-state index in [-0.39, 0.29) is 42.3 Å². The summed E-state index contributed by atoms with van der Waals surface area (Å²) in [5.41, 5.74) is 0. The van der Waals surface area contributed by atoms with Crippen molar-refractivity contribution in [2.75, 3.05) is 6.54 Å². The normalized spacial score (nSPS) is 17.5. The van der Waals surface area contributed by atoms with Crippen LogP contribution in [0.2, 0.25) is 0 Å². The van der Waals surface area contributed by atoms with E-state index in [4.69, 9.17) is 9.26 Å². The second kappa shape index (κ2) is 8.40. The van der Waals surface area contributed by atoms with Gasteiger partial charge in [-0.15, -0.1) is 0 Å². The first-order valence-electron chi connectivity index (χ1n) is 9.56. The fraction of sp³-hybridized carbons (Fsp3) is 0.444. The third-order valence-electron chi connectivity index (χ3n) is 4.84. The van der Waals surface area contributed by atoms with Gasteiger partial charge in [0.2, 0.25) is 21.8 Å². The van der Waals surface area contributed by atoms with Crippen LogP contribution in [0.25, 0.3) is 0 Å². The van der Waals surface area contributed by atoms with E-state index in [2.05, 4.69) is 20.2 Å². The Hall–Kier alpha value is -2.99. The van der Waals surface area contributed by atoms with Gasteiger partial charge in [0.05, 0.1) is 24.1 Å². The molecule has 2 aliphatic rings. The number of imide groups is 1. The zero-order valence-electron chi connectivity index (χ0n) is 16.0. The molecule has 2 aromatic rings. The Balaban J connectivity index is 1.35. The molecule has 1 aromatic heterocycles. The van der Waals surface area contributed by atoms with Crippen molar-refractivity contribution in [3.8, 4) is 5.75 Å². The van der Waals surface area contributed by atoms with Crippen LogP contribution in [0.5, 0.6) is 5.75 Å². The van der Waals surface area contributed by atoms with E-state index in [0.29, 0.717) is 5.75 Å². The number of amides is 3. The Morgan fingerprint density at radius 3 is 2.80 bits per heavy atom. The minimum absolute atomic E-state index is 0.0195. The number of carbonyl (C=O) groups excluding carboxylic acids is 2. The van der Waals surface area contributed by atoms with Crippen LogP contribution in [0.1, 0.15) is 37.4 Å². The lowest BCUT2D eigenvalue weighted by atomic mass is 10.3. The van der Waals surface area contributed by atoms with E-state index in [9.17, 15) is 18.0 Å². The Kier molecular flexibility index (Phi) is 5.68. The summed E-state index contributed by atoms with van der Waals surface area (Å²) in [5, 5.41) is 5.85. The maximum atomic E-state index is 12.6. The third kappa shape index (κ3) is 4.76. The number of sulfonamides is 1. The van der Waals surface area contributed by atoms with Gasteiger partial charge in [0, 0.05) is 6.07 Å². The summed E-state index contributed by atoms with van der Waals surface area (Å²) >= 11 is 0. The lowest BCUT2D eigenvalue weighted by Gasteiger charge is -2.14. The number of nitrogens with zero attached hydrogens (tertiary/aromatic N) is 3. The van der Waals surface area contributed by atoms with Crippen molar-refractivity contribution in [3.63, 3.8) is 0 Å². The summed E-state index contributed by atoms with van der Waals surface area (Å²) in [6.45, 7) is -0.322. The van der Waals surface area contributed by atoms with Crippen LogP contribution in [0.3, 0.4) is 0 Å². The number of benzene rings is 1. The number of hydrogen-bond acceptors (Lipinski definition) is 8. The molecule has 1 saturated carbocycles. The Bertz CT molecular complexity index is 1050. The van der Waals surface area contributed by atoms with E-state index in [1.165, 1.54) is 17.0 Å². The third-order valence-corrected chi connectivity index (χ3v) is 6.24. The average Bonchev–Trinajstić information content (AvgIpc) is 3.44. The van der Waals surface area contributed by atoms with Gasteiger partial charge in [-0.1, -0.05) is 11.2 Å². The van der Waals surface area contributed by atoms with Gasteiger partial charge in [0.1, 0.15) is 12.3 Å². The molecule has 0 spiro atoms. The van der Waals surface area contributed by atoms with E-state index >= 15 is 0 Å². The molecule has 0 atom stereocenters. The fourth-order valence-corrected chi connectivity index (χ4v) is 4.37. The van der Waals surface area contributed by atoms with Crippen LogP contribution < -0.4 is 14.8 Å². The maximum Gasteiger partial charge on any atom is 0.324 e. The zero-order valence-corrected chi connectivity index (χ0v) is 16.9. The quantitative estimate of drug-likeness (QED) is 0.583. The SMILES string of the molecule is O=C1CN(Cc2noc(CNS(=O)(=O)c3cccc(OC4CCCC4)c3)n2)C(=O)N1. The molecule has 12 heteroatoms. The summed E-state index contributed by atoms with van der Waals surface area (Å²) < 4.78 is 38.5. The largest absolute Gasteiger partial charge is 0.490 e. The van der Waals surface area contributed by atoms with E-state index in [0.717, 1.165) is 25.7 Å². The van der Waals surface area contributed by atoms with E-state index in [1.807, 2.05) is 0 Å². The van der Waals surface area contributed by atoms with Crippen LogP contribution in [-0.4, -0.2) is 48.0 Å². The van der Waals surface area contributed by atoms with Crippen molar-refractivity contribution >= 4 is 22.0 Å². The molecule has 2 N–H and O–H groups in total. The van der Waals surface area contributed by atoms with Gasteiger partial charge in [-0.2, -0.15) is 4.98 Å². The molecule has 1 aromatic carbocycles. The number of rotatable bonds is 8. The molecule has 3 amide bonds. The molecule has 0 bridgehead atoms. The molecule has 160 valence electrons. The molecule has 30 heavy (non-hydrogen) atoms. The molecular weight excluding hydrogens is 414 g/mol. The second-order valence-corrected chi connectivity index (χ2v) is 8.90. The second-order valence-electron chi connectivity index (χ2n) is 7.14. The predicted molar refractivity (Wildman–Crippen MR) is 102 cm³/mol. The van der Waals surface area contributed by atoms with Crippen molar-refractivity contribution in [2.45, 2.75) is 49.8 Å². The lowest BCUT2D eigenvalue weighted by molar-refractivity contribution is -0.118. The van der Waals surface area contributed by atoms with Gasteiger partial charge in [-0.3, -0.25) is 10.1 Å². The highest BCUT2D eigenvalue weighted by Crippen LogP contribution is 2.25. The number of nitrogens with one attached hydrogen (secondary N) is 2. The number of ether oxygens (including phenoxy) is 1. The minimum Gasteiger partial charge on any atom is -0.490 e. The van der Waals surface area contributed by atoms with Gasteiger partial charge in [0.15, 0.2) is 5.82 Å². The molecule has 1 saturated heterocycles. The zero-order chi connectivity index (χ0) is 21.1. The van der Waals surface area contributed by atoms with Crippen molar-refractivity contribution in [3.05, 3.63) is 36.0 Å². The van der Waals surface area contributed by atoms with Gasteiger partial charge >= 0.3 is 6.03 Å². The Labute approximate surface area is 172 Å². The van der Waals surface area contributed by atoms with Crippen molar-refractivity contribution in [1.29, 1.82) is 0 Å². The smallest absolute Gasteiger partial charge is 0.324 e. The van der Waals surface area contributed by atoms with Gasteiger partial charge in [-0.25, -0.2) is 17.9 Å². The highest BCUT2D eigenvalue weighted by molar-refractivity contribution is 7.89. The predicted octanol–water partition coefficient (Wildman–Crippen LogP) is 0.921. The molecule has 1 aliphatic carbocycles. The number of carbonyl (C=O) groups is 2. The van der Waals surface area contributed by atoms with Gasteiger partial charge in [0.25, 0.3) is 0 Å². The molecule has 0 unspecified atom stereocenters. The molecule has 11 nitrogen and oxygen atoms in total. The molecule has 0 radical (unpaired) electrons. The van der Waals surface area contributed by atoms with Crippen LogP contribution in [0, 0.1) is 0 Å². The molecule has 4 rings (SSSR count). The van der Waals surface area contributed by atoms with Crippen molar-refractivity contribution < 1.29 is 27.3 Å². The summed E-state index contributed by atoms with van der Waals surface area (Å²) in [5.74, 6) is 0.317.